The van der Waals surface area contributed by atoms with Crippen LogP contribution >= 0.6 is 0 Å². The lowest BCUT2D eigenvalue weighted by Gasteiger charge is -2.53. The molecule has 3 nitrogen and oxygen atoms in total. The van der Waals surface area contributed by atoms with Crippen LogP contribution in [-0.4, -0.2) is 47.2 Å². The van der Waals surface area contributed by atoms with E-state index in [1.165, 1.54) is 6.26 Å². The summed E-state index contributed by atoms with van der Waals surface area (Å²) in [5, 5.41) is 2.70. The average molecular weight is 224 g/mol. The van der Waals surface area contributed by atoms with Gasteiger partial charge in [0.2, 0.25) is 0 Å². The molecule has 2 heterocycles. The van der Waals surface area contributed by atoms with Gasteiger partial charge in [0.15, 0.2) is 0 Å². The lowest BCUT2D eigenvalue weighted by molar-refractivity contribution is -0.184. The van der Waals surface area contributed by atoms with Crippen LogP contribution in [0.5, 0.6) is 0 Å². The molecule has 1 unspecified atom stereocenters. The molecule has 0 aromatic carbocycles. The van der Waals surface area contributed by atoms with Crippen LogP contribution in [0.2, 0.25) is 0 Å². The molecule has 1 N–H and O–H groups in total. The Balaban J connectivity index is 2.04. The second-order valence-corrected chi connectivity index (χ2v) is 5.50. The van der Waals surface area contributed by atoms with E-state index in [1.807, 2.05) is 0 Å². The van der Waals surface area contributed by atoms with E-state index >= 15 is 0 Å². The first-order valence-corrected chi connectivity index (χ1v) is 6.15. The Kier molecular flexibility index (Phi) is 2.50. The number of halogens is 2. The summed E-state index contributed by atoms with van der Waals surface area (Å²) in [6.45, 7) is 0.937. The number of hydrogen-bond acceptors (Lipinski definition) is 3. The minimum atomic E-state index is -2.65. The van der Waals surface area contributed by atoms with Gasteiger partial charge in [-0.05, 0) is 13.0 Å². The molecule has 0 aromatic rings. The normalized spacial score (nSPS) is 32.6. The molecule has 0 radical (unpaired) electrons. The summed E-state index contributed by atoms with van der Waals surface area (Å²) in [5.41, 5.74) is -0.913. The molecule has 1 spiro atoms. The van der Waals surface area contributed by atoms with Crippen LogP contribution < -0.4 is 5.32 Å². The quantitative estimate of drug-likeness (QED) is 0.647. The fraction of sp³-hybridized carbons (Fsp3) is 1.00. The van der Waals surface area contributed by atoms with Crippen molar-refractivity contribution in [1.29, 1.82) is 0 Å². The van der Waals surface area contributed by atoms with Gasteiger partial charge in [0.25, 0.3) is 5.92 Å². The van der Waals surface area contributed by atoms with Crippen molar-refractivity contribution in [2.45, 2.75) is 12.3 Å². The molecule has 2 rings (SSSR count). The maximum Gasteiger partial charge on any atom is 0.268 e. The maximum atomic E-state index is 13.6. The minimum Gasteiger partial charge on any atom is -0.598 e. The number of nitrogens with zero attached hydrogens (tertiary/aromatic N) is 1. The molecule has 0 bridgehead atoms. The van der Waals surface area contributed by atoms with E-state index in [0.29, 0.717) is 13.0 Å². The predicted molar refractivity (Wildman–Crippen MR) is 50.5 cm³/mol. The van der Waals surface area contributed by atoms with Crippen molar-refractivity contribution in [2.24, 2.45) is 5.41 Å². The van der Waals surface area contributed by atoms with Crippen molar-refractivity contribution in [2.75, 3.05) is 32.4 Å². The molecule has 6 heteroatoms. The minimum absolute atomic E-state index is 0.239. The van der Waals surface area contributed by atoms with E-state index in [-0.39, 0.29) is 19.6 Å². The Labute approximate surface area is 85.2 Å². The number of piperidine rings is 1. The summed E-state index contributed by atoms with van der Waals surface area (Å²) in [6.07, 6.45) is 2.01. The van der Waals surface area contributed by atoms with Gasteiger partial charge in [0, 0.05) is 11.4 Å². The predicted octanol–water partition coefficient (Wildman–Crippen LogP) is 0.211. The van der Waals surface area contributed by atoms with Crippen LogP contribution in [0.25, 0.3) is 0 Å². The first kappa shape index (κ1) is 10.6. The molecular weight excluding hydrogens is 210 g/mol. The fourth-order valence-corrected chi connectivity index (χ4v) is 3.00. The molecule has 0 aromatic heterocycles. The summed E-state index contributed by atoms with van der Waals surface area (Å²) in [6, 6.07) is 0. The topological polar surface area (TPSA) is 38.3 Å². The third-order valence-corrected chi connectivity index (χ3v) is 4.21. The van der Waals surface area contributed by atoms with Gasteiger partial charge < -0.3 is 9.87 Å². The van der Waals surface area contributed by atoms with E-state index in [4.69, 9.17) is 0 Å². The van der Waals surface area contributed by atoms with Gasteiger partial charge in [-0.25, -0.2) is 8.78 Å². The van der Waals surface area contributed by atoms with Crippen molar-refractivity contribution in [3.05, 3.63) is 0 Å². The molecule has 2 saturated heterocycles. The molecule has 1 atom stereocenters. The zero-order valence-corrected chi connectivity index (χ0v) is 8.87. The van der Waals surface area contributed by atoms with E-state index in [2.05, 4.69) is 5.32 Å². The first-order valence-electron chi connectivity index (χ1n) is 4.64. The van der Waals surface area contributed by atoms with Gasteiger partial charge in [-0.2, -0.15) is 0 Å². The van der Waals surface area contributed by atoms with Gasteiger partial charge in [-0.3, -0.25) is 0 Å². The molecule has 2 aliphatic rings. The molecule has 2 aliphatic heterocycles. The first-order chi connectivity index (χ1) is 6.47. The number of rotatable bonds is 1. The van der Waals surface area contributed by atoms with Crippen molar-refractivity contribution in [3.8, 4) is 0 Å². The highest BCUT2D eigenvalue weighted by molar-refractivity contribution is 7.88. The summed E-state index contributed by atoms with van der Waals surface area (Å²) in [5.74, 6) is -2.65. The third-order valence-electron chi connectivity index (χ3n) is 3.22. The molecule has 2 fully saturated rings. The Morgan fingerprint density at radius 3 is 2.57 bits per heavy atom. The SMILES string of the molecule is C[S+]([O-])N1CC2(CCNCC2(F)F)C1. The number of nitrogens with one attached hydrogen (secondary N) is 1. The molecular formula is C8H14F2N2OS. The molecule has 82 valence electrons. The largest absolute Gasteiger partial charge is 0.598 e. The zero-order chi connectivity index (χ0) is 10.4. The van der Waals surface area contributed by atoms with E-state index < -0.39 is 22.7 Å². The van der Waals surface area contributed by atoms with Crippen molar-refractivity contribution in [3.63, 3.8) is 0 Å². The fourth-order valence-electron chi connectivity index (χ4n) is 2.14. The van der Waals surface area contributed by atoms with Crippen LogP contribution in [0.4, 0.5) is 8.78 Å². The summed E-state index contributed by atoms with van der Waals surface area (Å²) >= 11 is -1.10. The highest BCUT2D eigenvalue weighted by Gasteiger charge is 2.63. The maximum absolute atomic E-state index is 13.6. The Morgan fingerprint density at radius 2 is 2.07 bits per heavy atom. The van der Waals surface area contributed by atoms with Crippen molar-refractivity contribution < 1.29 is 13.3 Å². The smallest absolute Gasteiger partial charge is 0.268 e. The highest BCUT2D eigenvalue weighted by Crippen LogP contribution is 2.48. The van der Waals surface area contributed by atoms with Crippen LogP contribution in [-0.2, 0) is 11.4 Å². The van der Waals surface area contributed by atoms with Crippen molar-refractivity contribution >= 4 is 11.4 Å². The van der Waals surface area contributed by atoms with Crippen molar-refractivity contribution in [1.82, 2.24) is 9.62 Å². The summed E-state index contributed by atoms with van der Waals surface area (Å²) in [7, 11) is 0. The molecule has 14 heavy (non-hydrogen) atoms. The monoisotopic (exact) mass is 224 g/mol. The highest BCUT2D eigenvalue weighted by atomic mass is 32.2. The molecule has 0 amide bonds. The Bertz CT molecular complexity index is 231. The standard InChI is InChI=1S/C8H14F2N2OS/c1-14(13)12-5-7(6-12)2-3-11-4-8(7,9)10/h11H,2-6H2,1H3. The van der Waals surface area contributed by atoms with Crippen LogP contribution in [0.1, 0.15) is 6.42 Å². The van der Waals surface area contributed by atoms with Gasteiger partial charge >= 0.3 is 0 Å². The Morgan fingerprint density at radius 1 is 1.43 bits per heavy atom. The second kappa shape index (κ2) is 3.30. The van der Waals surface area contributed by atoms with Gasteiger partial charge in [0.05, 0.1) is 25.0 Å². The average Bonchev–Trinajstić information content (AvgIpc) is 1.99. The van der Waals surface area contributed by atoms with Gasteiger partial charge in [-0.15, -0.1) is 4.31 Å². The summed E-state index contributed by atoms with van der Waals surface area (Å²) < 4.78 is 39.7. The third kappa shape index (κ3) is 1.44. The Hall–Kier alpha value is 0.0900. The lowest BCUT2D eigenvalue weighted by Crippen LogP contribution is -2.70. The molecule has 0 aliphatic carbocycles. The lowest BCUT2D eigenvalue weighted by atomic mass is 9.71. The van der Waals surface area contributed by atoms with Crippen LogP contribution in [0.3, 0.4) is 0 Å². The zero-order valence-electron chi connectivity index (χ0n) is 8.06. The van der Waals surface area contributed by atoms with Gasteiger partial charge in [0.1, 0.15) is 6.26 Å². The molecule has 0 saturated carbocycles. The van der Waals surface area contributed by atoms with Crippen LogP contribution in [0.15, 0.2) is 0 Å². The number of alkyl halides is 2. The summed E-state index contributed by atoms with van der Waals surface area (Å²) in [4.78, 5) is 0. The van der Waals surface area contributed by atoms with E-state index in [0.717, 1.165) is 0 Å². The van der Waals surface area contributed by atoms with Crippen LogP contribution in [0, 0.1) is 5.41 Å². The number of hydrogen-bond donors (Lipinski definition) is 1. The van der Waals surface area contributed by atoms with Gasteiger partial charge in [-0.1, -0.05) is 0 Å². The van der Waals surface area contributed by atoms with E-state index in [1.54, 1.807) is 4.31 Å². The second-order valence-electron chi connectivity index (χ2n) is 4.13. The van der Waals surface area contributed by atoms with E-state index in [9.17, 15) is 13.3 Å².